The summed E-state index contributed by atoms with van der Waals surface area (Å²) in [6.07, 6.45) is 0. The smallest absolute Gasteiger partial charge is 0.255 e. The van der Waals surface area contributed by atoms with Crippen LogP contribution in [-0.2, 0) is 0 Å². The highest BCUT2D eigenvalue weighted by Crippen LogP contribution is 2.29. The molecule has 0 aliphatic carbocycles. The van der Waals surface area contributed by atoms with E-state index >= 15 is 0 Å². The Morgan fingerprint density at radius 2 is 1.95 bits per heavy atom. The number of nitrogens with zero attached hydrogens (tertiary/aromatic N) is 1. The Hall–Kier alpha value is -0.290. The van der Waals surface area contributed by atoms with E-state index < -0.39 is 0 Å². The van der Waals surface area contributed by atoms with E-state index in [1.807, 2.05) is 11.0 Å². The van der Waals surface area contributed by atoms with E-state index in [9.17, 15) is 4.79 Å². The molecular formula is C13H15BrCl2N2O. The van der Waals surface area contributed by atoms with Gasteiger partial charge in [0.15, 0.2) is 0 Å². The first-order valence-electron chi connectivity index (χ1n) is 6.10. The summed E-state index contributed by atoms with van der Waals surface area (Å²) < 4.78 is 0.885. The Morgan fingerprint density at radius 1 is 1.32 bits per heavy atom. The number of hydrogen-bond donors (Lipinski definition) is 1. The maximum atomic E-state index is 12.5. The Bertz CT molecular complexity index is 486. The second-order valence-corrected chi connectivity index (χ2v) is 6.34. The van der Waals surface area contributed by atoms with Crippen molar-refractivity contribution < 1.29 is 4.79 Å². The van der Waals surface area contributed by atoms with E-state index in [1.165, 1.54) is 0 Å². The lowest BCUT2D eigenvalue weighted by molar-refractivity contribution is 0.0782. The molecule has 3 nitrogen and oxygen atoms in total. The summed E-state index contributed by atoms with van der Waals surface area (Å²) in [5, 5.41) is 3.90. The molecule has 6 heteroatoms. The number of nitrogens with one attached hydrogen (secondary N) is 1. The second-order valence-electron chi connectivity index (χ2n) is 5.01. The zero-order chi connectivity index (χ0) is 12.7. The summed E-state index contributed by atoms with van der Waals surface area (Å²) in [7, 11) is 0. The van der Waals surface area contributed by atoms with E-state index in [4.69, 9.17) is 11.6 Å². The molecule has 2 aliphatic rings. The van der Waals surface area contributed by atoms with Gasteiger partial charge in [0.1, 0.15) is 0 Å². The van der Waals surface area contributed by atoms with E-state index in [0.29, 0.717) is 22.4 Å². The van der Waals surface area contributed by atoms with Gasteiger partial charge in [0.2, 0.25) is 0 Å². The van der Waals surface area contributed by atoms with E-state index in [2.05, 4.69) is 21.2 Å². The van der Waals surface area contributed by atoms with Gasteiger partial charge in [-0.15, -0.1) is 12.4 Å². The van der Waals surface area contributed by atoms with Gasteiger partial charge < -0.3 is 10.2 Å². The van der Waals surface area contributed by atoms with Crippen LogP contribution in [-0.4, -0.2) is 37.0 Å². The van der Waals surface area contributed by atoms with Crippen LogP contribution in [0.3, 0.4) is 0 Å². The zero-order valence-electron chi connectivity index (χ0n) is 10.2. The van der Waals surface area contributed by atoms with E-state index in [-0.39, 0.29) is 18.3 Å². The van der Waals surface area contributed by atoms with Crippen LogP contribution in [0, 0.1) is 11.8 Å². The van der Waals surface area contributed by atoms with Crippen molar-refractivity contribution in [2.45, 2.75) is 0 Å². The molecule has 0 spiro atoms. The van der Waals surface area contributed by atoms with Crippen LogP contribution in [0.4, 0.5) is 0 Å². The molecule has 2 fully saturated rings. The highest BCUT2D eigenvalue weighted by Gasteiger charge is 2.38. The molecule has 0 unspecified atom stereocenters. The average Bonchev–Trinajstić information content (AvgIpc) is 2.91. The van der Waals surface area contributed by atoms with Gasteiger partial charge in [0.05, 0.1) is 10.6 Å². The summed E-state index contributed by atoms with van der Waals surface area (Å²) >= 11 is 9.49. The van der Waals surface area contributed by atoms with Gasteiger partial charge in [0.25, 0.3) is 5.91 Å². The third-order valence-corrected chi connectivity index (χ3v) is 4.66. The normalized spacial score (nSPS) is 25.1. The minimum atomic E-state index is 0. The average molecular weight is 366 g/mol. The fourth-order valence-electron chi connectivity index (χ4n) is 2.85. The maximum absolute atomic E-state index is 12.5. The molecule has 0 bridgehead atoms. The van der Waals surface area contributed by atoms with Crippen molar-refractivity contribution in [3.8, 4) is 0 Å². The van der Waals surface area contributed by atoms with Crippen molar-refractivity contribution in [3.05, 3.63) is 33.3 Å². The van der Waals surface area contributed by atoms with Crippen LogP contribution in [0.15, 0.2) is 22.7 Å². The van der Waals surface area contributed by atoms with Crippen molar-refractivity contribution in [2.75, 3.05) is 26.2 Å². The van der Waals surface area contributed by atoms with E-state index in [1.54, 1.807) is 12.1 Å². The third kappa shape index (κ3) is 2.92. The number of amides is 1. The van der Waals surface area contributed by atoms with Crippen molar-refractivity contribution in [1.82, 2.24) is 10.2 Å². The van der Waals surface area contributed by atoms with Gasteiger partial charge >= 0.3 is 0 Å². The van der Waals surface area contributed by atoms with Crippen LogP contribution >= 0.6 is 39.9 Å². The Kier molecular flexibility index (Phi) is 4.77. The first kappa shape index (κ1) is 15.1. The Labute approximate surface area is 132 Å². The number of benzene rings is 1. The van der Waals surface area contributed by atoms with Gasteiger partial charge in [-0.05, 0) is 30.0 Å². The standard InChI is InChI=1S/C13H14BrClN2O.ClH/c14-10-1-2-12(15)11(3-10)13(18)17-6-8-4-16-5-9(8)7-17;/h1-3,8-9,16H,4-7H2;1H/t8-,9+;. The molecule has 2 aliphatic heterocycles. The molecule has 1 aromatic carbocycles. The number of hydrogen-bond acceptors (Lipinski definition) is 2. The highest BCUT2D eigenvalue weighted by molar-refractivity contribution is 9.10. The van der Waals surface area contributed by atoms with Crippen molar-refractivity contribution in [1.29, 1.82) is 0 Å². The molecule has 3 rings (SSSR count). The number of carbonyl (C=O) groups excluding carboxylic acids is 1. The molecule has 0 saturated carbocycles. The monoisotopic (exact) mass is 364 g/mol. The Balaban J connectivity index is 0.00000133. The van der Waals surface area contributed by atoms with Gasteiger partial charge in [-0.2, -0.15) is 0 Å². The fraction of sp³-hybridized carbons (Fsp3) is 0.462. The van der Waals surface area contributed by atoms with Crippen molar-refractivity contribution in [2.24, 2.45) is 11.8 Å². The third-order valence-electron chi connectivity index (χ3n) is 3.84. The molecule has 19 heavy (non-hydrogen) atoms. The minimum absolute atomic E-state index is 0. The van der Waals surface area contributed by atoms with Crippen LogP contribution in [0.5, 0.6) is 0 Å². The number of likely N-dealkylation sites (tertiary alicyclic amines) is 1. The van der Waals surface area contributed by atoms with Gasteiger partial charge in [0, 0.05) is 30.7 Å². The first-order chi connectivity index (χ1) is 8.65. The lowest BCUT2D eigenvalue weighted by Gasteiger charge is -2.18. The Morgan fingerprint density at radius 3 is 2.58 bits per heavy atom. The molecule has 1 N–H and O–H groups in total. The van der Waals surface area contributed by atoms with E-state index in [0.717, 1.165) is 30.7 Å². The number of halogens is 3. The van der Waals surface area contributed by atoms with Crippen LogP contribution < -0.4 is 5.32 Å². The number of carbonyl (C=O) groups is 1. The van der Waals surface area contributed by atoms with Gasteiger partial charge in [-0.3, -0.25) is 4.79 Å². The summed E-state index contributed by atoms with van der Waals surface area (Å²) in [4.78, 5) is 14.4. The van der Waals surface area contributed by atoms with Gasteiger partial charge in [-0.25, -0.2) is 0 Å². The first-order valence-corrected chi connectivity index (χ1v) is 7.27. The summed E-state index contributed by atoms with van der Waals surface area (Å²) in [5.74, 6) is 1.27. The molecule has 2 saturated heterocycles. The molecule has 2 atom stereocenters. The maximum Gasteiger partial charge on any atom is 0.255 e. The largest absolute Gasteiger partial charge is 0.338 e. The molecule has 1 aromatic rings. The van der Waals surface area contributed by atoms with Crippen LogP contribution in [0.1, 0.15) is 10.4 Å². The molecule has 104 valence electrons. The van der Waals surface area contributed by atoms with Crippen molar-refractivity contribution in [3.63, 3.8) is 0 Å². The van der Waals surface area contributed by atoms with Gasteiger partial charge in [-0.1, -0.05) is 27.5 Å². The van der Waals surface area contributed by atoms with Crippen LogP contribution in [0.2, 0.25) is 5.02 Å². The highest BCUT2D eigenvalue weighted by atomic mass is 79.9. The molecule has 1 amide bonds. The lowest BCUT2D eigenvalue weighted by Crippen LogP contribution is -2.32. The fourth-order valence-corrected chi connectivity index (χ4v) is 3.41. The minimum Gasteiger partial charge on any atom is -0.338 e. The number of fused-ring (bicyclic) bond motifs is 1. The molecule has 0 radical (unpaired) electrons. The topological polar surface area (TPSA) is 32.3 Å². The quantitative estimate of drug-likeness (QED) is 0.829. The molecule has 0 aromatic heterocycles. The summed E-state index contributed by atoms with van der Waals surface area (Å²) in [6.45, 7) is 3.75. The number of rotatable bonds is 1. The molecule has 2 heterocycles. The summed E-state index contributed by atoms with van der Waals surface area (Å²) in [5.41, 5.74) is 0.596. The zero-order valence-corrected chi connectivity index (χ0v) is 13.4. The molecular weight excluding hydrogens is 351 g/mol. The van der Waals surface area contributed by atoms with Crippen LogP contribution in [0.25, 0.3) is 0 Å². The summed E-state index contributed by atoms with van der Waals surface area (Å²) in [6, 6.07) is 5.41. The predicted molar refractivity (Wildman–Crippen MR) is 82.2 cm³/mol. The van der Waals surface area contributed by atoms with Crippen molar-refractivity contribution >= 4 is 45.8 Å². The SMILES string of the molecule is Cl.O=C(c1cc(Br)ccc1Cl)N1C[C@H]2CNC[C@H]2C1. The lowest BCUT2D eigenvalue weighted by atomic mass is 10.0. The predicted octanol–water partition coefficient (Wildman–Crippen LogP) is 2.82. The second kappa shape index (κ2) is 6.00.